The Balaban J connectivity index is 1.87. The van der Waals surface area contributed by atoms with Crippen molar-refractivity contribution in [1.29, 1.82) is 0 Å². The van der Waals surface area contributed by atoms with E-state index in [1.165, 1.54) is 5.56 Å². The summed E-state index contributed by atoms with van der Waals surface area (Å²) < 4.78 is 10.4. The Morgan fingerprint density at radius 2 is 2.08 bits per heavy atom. The van der Waals surface area contributed by atoms with Crippen LogP contribution >= 0.6 is 0 Å². The maximum Gasteiger partial charge on any atom is 0.405 e. The number of carbonyl (C=O) groups is 1. The average molecular weight is 327 g/mol. The number of amides is 1. The molecule has 24 heavy (non-hydrogen) atoms. The van der Waals surface area contributed by atoms with E-state index in [-0.39, 0.29) is 12.8 Å². The molecule has 0 spiro atoms. The number of hydrogen-bond donors (Lipinski definition) is 2. The number of methoxy groups -OCH3 is 1. The normalized spacial score (nSPS) is 16.3. The van der Waals surface area contributed by atoms with Crippen LogP contribution in [0.4, 0.5) is 4.79 Å². The molecule has 3 rings (SSSR count). The number of ether oxygens (including phenoxy) is 2. The van der Waals surface area contributed by atoms with Gasteiger partial charge in [0.05, 0.1) is 6.04 Å². The highest BCUT2D eigenvalue weighted by molar-refractivity contribution is 5.68. The fourth-order valence-corrected chi connectivity index (χ4v) is 3.19. The molecule has 0 aromatic heterocycles. The van der Waals surface area contributed by atoms with Crippen molar-refractivity contribution in [2.24, 2.45) is 0 Å². The number of carboxylic acid groups (broad SMARTS) is 1. The quantitative estimate of drug-likeness (QED) is 0.815. The van der Waals surface area contributed by atoms with Gasteiger partial charge in [-0.25, -0.2) is 4.79 Å². The lowest BCUT2D eigenvalue weighted by atomic mass is 9.86. The summed E-state index contributed by atoms with van der Waals surface area (Å²) in [4.78, 5) is 11.0. The zero-order chi connectivity index (χ0) is 16.9. The Morgan fingerprint density at radius 1 is 1.25 bits per heavy atom. The summed E-state index contributed by atoms with van der Waals surface area (Å²) in [5.74, 6) is 0.762. The van der Waals surface area contributed by atoms with E-state index in [2.05, 4.69) is 11.4 Å². The van der Waals surface area contributed by atoms with Crippen LogP contribution in [0, 0.1) is 0 Å². The molecule has 5 nitrogen and oxygen atoms in total. The van der Waals surface area contributed by atoms with Gasteiger partial charge in [-0.2, -0.15) is 0 Å². The fraction of sp³-hybridized carbons (Fsp3) is 0.316. The van der Waals surface area contributed by atoms with Crippen LogP contribution in [-0.4, -0.2) is 25.1 Å². The van der Waals surface area contributed by atoms with Crippen LogP contribution in [0.15, 0.2) is 42.5 Å². The molecular weight excluding hydrogens is 306 g/mol. The first kappa shape index (κ1) is 16.3. The first-order valence-corrected chi connectivity index (χ1v) is 8.02. The first-order valence-electron chi connectivity index (χ1n) is 8.02. The van der Waals surface area contributed by atoms with Crippen molar-refractivity contribution in [2.75, 3.05) is 13.9 Å². The van der Waals surface area contributed by atoms with Crippen LogP contribution in [-0.2, 0) is 11.2 Å². The second kappa shape index (κ2) is 7.36. The van der Waals surface area contributed by atoms with Crippen molar-refractivity contribution in [3.05, 3.63) is 53.6 Å². The van der Waals surface area contributed by atoms with Gasteiger partial charge in [-0.1, -0.05) is 30.3 Å². The monoisotopic (exact) mass is 327 g/mol. The van der Waals surface area contributed by atoms with E-state index in [0.717, 1.165) is 41.7 Å². The van der Waals surface area contributed by atoms with Gasteiger partial charge in [0.2, 0.25) is 0 Å². The third-order valence-electron chi connectivity index (χ3n) is 4.27. The number of nitrogens with one attached hydrogen (secondary N) is 1. The summed E-state index contributed by atoms with van der Waals surface area (Å²) in [5.41, 5.74) is 4.47. The molecule has 0 bridgehead atoms. The Morgan fingerprint density at radius 3 is 2.88 bits per heavy atom. The van der Waals surface area contributed by atoms with Gasteiger partial charge in [0.1, 0.15) is 5.75 Å². The summed E-state index contributed by atoms with van der Waals surface area (Å²) in [7, 11) is 1.59. The zero-order valence-corrected chi connectivity index (χ0v) is 13.6. The molecule has 0 saturated heterocycles. The summed E-state index contributed by atoms with van der Waals surface area (Å²) in [6.45, 7) is 0.218. The molecule has 1 atom stereocenters. The highest BCUT2D eigenvalue weighted by atomic mass is 16.7. The van der Waals surface area contributed by atoms with Gasteiger partial charge < -0.3 is 19.9 Å². The minimum absolute atomic E-state index is 0.114. The van der Waals surface area contributed by atoms with E-state index < -0.39 is 6.09 Å². The van der Waals surface area contributed by atoms with Crippen molar-refractivity contribution in [1.82, 2.24) is 5.32 Å². The van der Waals surface area contributed by atoms with Crippen molar-refractivity contribution in [3.8, 4) is 16.9 Å². The summed E-state index contributed by atoms with van der Waals surface area (Å²) in [6.07, 6.45) is 1.83. The second-order valence-corrected chi connectivity index (χ2v) is 5.89. The maximum absolute atomic E-state index is 11.0. The van der Waals surface area contributed by atoms with Crippen LogP contribution < -0.4 is 10.1 Å². The van der Waals surface area contributed by atoms with Crippen LogP contribution in [0.3, 0.4) is 0 Å². The highest BCUT2D eigenvalue weighted by Gasteiger charge is 2.21. The second-order valence-electron chi connectivity index (χ2n) is 5.89. The minimum Gasteiger partial charge on any atom is -0.468 e. The Hall–Kier alpha value is -2.53. The topological polar surface area (TPSA) is 67.8 Å². The third-order valence-corrected chi connectivity index (χ3v) is 4.27. The van der Waals surface area contributed by atoms with Crippen LogP contribution in [0.2, 0.25) is 0 Å². The molecule has 1 aliphatic carbocycles. The summed E-state index contributed by atoms with van der Waals surface area (Å²) in [5, 5.41) is 11.6. The lowest BCUT2D eigenvalue weighted by Crippen LogP contribution is -2.29. The van der Waals surface area contributed by atoms with Crippen molar-refractivity contribution < 1.29 is 19.4 Å². The van der Waals surface area contributed by atoms with Gasteiger partial charge >= 0.3 is 6.09 Å². The van der Waals surface area contributed by atoms with Crippen molar-refractivity contribution in [2.45, 2.75) is 25.3 Å². The lowest BCUT2D eigenvalue weighted by molar-refractivity contribution is 0.0511. The Bertz CT molecular complexity index is 729. The third kappa shape index (κ3) is 3.68. The van der Waals surface area contributed by atoms with E-state index in [1.54, 1.807) is 7.11 Å². The predicted octanol–water partition coefficient (Wildman–Crippen LogP) is 3.98. The molecule has 1 unspecified atom stereocenters. The molecule has 0 heterocycles. The zero-order valence-electron chi connectivity index (χ0n) is 13.6. The molecule has 0 saturated carbocycles. The van der Waals surface area contributed by atoms with Crippen molar-refractivity contribution >= 4 is 6.09 Å². The van der Waals surface area contributed by atoms with Crippen LogP contribution in [0.25, 0.3) is 11.1 Å². The largest absolute Gasteiger partial charge is 0.468 e. The molecule has 1 amide bonds. The van der Waals surface area contributed by atoms with Crippen LogP contribution in [0.1, 0.15) is 30.0 Å². The first-order chi connectivity index (χ1) is 11.7. The predicted molar refractivity (Wildman–Crippen MR) is 91.2 cm³/mol. The Labute approximate surface area is 141 Å². The van der Waals surface area contributed by atoms with Crippen molar-refractivity contribution in [3.63, 3.8) is 0 Å². The van der Waals surface area contributed by atoms with Crippen LogP contribution in [0.5, 0.6) is 5.75 Å². The minimum atomic E-state index is -0.972. The molecule has 5 heteroatoms. The molecule has 0 fully saturated rings. The molecule has 0 radical (unpaired) electrons. The van der Waals surface area contributed by atoms with Gasteiger partial charge in [-0.15, -0.1) is 0 Å². The van der Waals surface area contributed by atoms with E-state index >= 15 is 0 Å². The summed E-state index contributed by atoms with van der Waals surface area (Å²) in [6, 6.07) is 14.0. The van der Waals surface area contributed by atoms with Gasteiger partial charge in [0.15, 0.2) is 6.79 Å². The molecule has 126 valence electrons. The number of benzene rings is 2. The molecule has 2 aromatic carbocycles. The van der Waals surface area contributed by atoms with E-state index in [4.69, 9.17) is 14.6 Å². The van der Waals surface area contributed by atoms with Gasteiger partial charge in [0, 0.05) is 7.11 Å². The fourth-order valence-electron chi connectivity index (χ4n) is 3.19. The smallest absolute Gasteiger partial charge is 0.405 e. The Kier molecular flexibility index (Phi) is 5.01. The lowest BCUT2D eigenvalue weighted by Gasteiger charge is -2.26. The SMILES string of the molecule is COCOc1cccc(-c2ccc3c(c2)CCCC3NC(=O)O)c1. The molecule has 2 N–H and O–H groups in total. The van der Waals surface area contributed by atoms with E-state index in [9.17, 15) is 4.79 Å². The van der Waals surface area contributed by atoms with Gasteiger partial charge in [-0.05, 0) is 53.6 Å². The van der Waals surface area contributed by atoms with Gasteiger partial charge in [-0.3, -0.25) is 0 Å². The molecule has 1 aliphatic rings. The molecule has 0 aliphatic heterocycles. The average Bonchev–Trinajstić information content (AvgIpc) is 2.59. The molecular formula is C19H21NO4. The van der Waals surface area contributed by atoms with E-state index in [0.29, 0.717) is 0 Å². The highest BCUT2D eigenvalue weighted by Crippen LogP contribution is 2.33. The maximum atomic E-state index is 11.0. The molecule has 2 aromatic rings. The number of fused-ring (bicyclic) bond motifs is 1. The number of aryl methyl sites for hydroxylation is 1. The van der Waals surface area contributed by atoms with E-state index in [1.807, 2.05) is 36.4 Å². The number of hydrogen-bond acceptors (Lipinski definition) is 3. The van der Waals surface area contributed by atoms with Gasteiger partial charge in [0.25, 0.3) is 0 Å². The number of rotatable bonds is 5. The summed E-state index contributed by atoms with van der Waals surface area (Å²) >= 11 is 0. The standard InChI is InChI=1S/C19H21NO4/c1-23-12-24-16-6-2-4-13(11-16)14-8-9-17-15(10-14)5-3-7-18(17)20-19(21)22/h2,4,6,8-11,18,20H,3,5,7,12H2,1H3,(H,21,22).